The SMILES string of the molecule is COc1cc(/C=C\C(=O)OC(CO)CO)ccc1O. The first-order valence-electron chi connectivity index (χ1n) is 5.58. The molecule has 1 aromatic rings. The van der Waals surface area contributed by atoms with E-state index in [2.05, 4.69) is 0 Å². The third-order valence-electron chi connectivity index (χ3n) is 2.31. The van der Waals surface area contributed by atoms with Crippen molar-refractivity contribution in [3.8, 4) is 11.5 Å². The highest BCUT2D eigenvalue weighted by Crippen LogP contribution is 2.26. The van der Waals surface area contributed by atoms with E-state index in [1.807, 2.05) is 0 Å². The number of phenols is 1. The summed E-state index contributed by atoms with van der Waals surface area (Å²) in [5.74, 6) is -0.387. The highest BCUT2D eigenvalue weighted by Gasteiger charge is 2.09. The fourth-order valence-electron chi connectivity index (χ4n) is 1.30. The van der Waals surface area contributed by atoms with Gasteiger partial charge < -0.3 is 24.8 Å². The van der Waals surface area contributed by atoms with E-state index in [0.717, 1.165) is 6.08 Å². The van der Waals surface area contributed by atoms with E-state index in [0.29, 0.717) is 11.3 Å². The number of aliphatic hydroxyl groups is 2. The van der Waals surface area contributed by atoms with Crippen LogP contribution in [0.2, 0.25) is 0 Å². The number of methoxy groups -OCH3 is 1. The Kier molecular flexibility index (Phi) is 5.84. The lowest BCUT2D eigenvalue weighted by molar-refractivity contribution is -0.147. The number of aromatic hydroxyl groups is 1. The molecule has 0 aliphatic rings. The average Bonchev–Trinajstić information content (AvgIpc) is 2.43. The van der Waals surface area contributed by atoms with E-state index in [1.54, 1.807) is 12.1 Å². The zero-order valence-corrected chi connectivity index (χ0v) is 10.4. The maximum atomic E-state index is 11.4. The topological polar surface area (TPSA) is 96.2 Å². The normalized spacial score (nSPS) is 10.9. The number of carbonyl (C=O) groups excluding carboxylic acids is 1. The molecule has 0 aromatic heterocycles. The van der Waals surface area contributed by atoms with Crippen molar-refractivity contribution in [2.24, 2.45) is 0 Å². The molecular formula is C13H16O6. The van der Waals surface area contributed by atoms with E-state index in [4.69, 9.17) is 19.7 Å². The first-order valence-corrected chi connectivity index (χ1v) is 5.58. The number of ether oxygens (including phenoxy) is 2. The molecule has 0 fully saturated rings. The van der Waals surface area contributed by atoms with E-state index < -0.39 is 25.3 Å². The van der Waals surface area contributed by atoms with Gasteiger partial charge in [0.05, 0.1) is 20.3 Å². The zero-order valence-electron chi connectivity index (χ0n) is 10.4. The number of carbonyl (C=O) groups is 1. The lowest BCUT2D eigenvalue weighted by Crippen LogP contribution is -2.24. The highest BCUT2D eigenvalue weighted by atomic mass is 16.6. The van der Waals surface area contributed by atoms with Crippen LogP contribution in [0.1, 0.15) is 5.56 Å². The Balaban J connectivity index is 2.68. The first-order chi connectivity index (χ1) is 9.10. The fourth-order valence-corrected chi connectivity index (χ4v) is 1.30. The van der Waals surface area contributed by atoms with Crippen LogP contribution < -0.4 is 4.74 Å². The Bertz CT molecular complexity index is 450. The van der Waals surface area contributed by atoms with Gasteiger partial charge in [-0.1, -0.05) is 6.07 Å². The molecule has 1 aromatic carbocycles. The molecule has 3 N–H and O–H groups in total. The molecule has 0 aliphatic carbocycles. The van der Waals surface area contributed by atoms with Crippen molar-refractivity contribution >= 4 is 12.0 Å². The largest absolute Gasteiger partial charge is 0.504 e. The van der Waals surface area contributed by atoms with Gasteiger partial charge in [-0.2, -0.15) is 0 Å². The summed E-state index contributed by atoms with van der Waals surface area (Å²) in [6.45, 7) is -0.883. The molecule has 0 spiro atoms. The van der Waals surface area contributed by atoms with E-state index >= 15 is 0 Å². The summed E-state index contributed by atoms with van der Waals surface area (Å²) in [4.78, 5) is 11.4. The predicted octanol–water partition coefficient (Wildman–Crippen LogP) is 0.310. The van der Waals surface area contributed by atoms with Crippen molar-refractivity contribution < 1.29 is 29.6 Å². The average molecular weight is 268 g/mol. The van der Waals surface area contributed by atoms with Gasteiger partial charge in [-0.25, -0.2) is 4.79 Å². The highest BCUT2D eigenvalue weighted by molar-refractivity contribution is 5.87. The van der Waals surface area contributed by atoms with Gasteiger partial charge in [0.15, 0.2) is 11.5 Å². The van der Waals surface area contributed by atoms with Crippen molar-refractivity contribution in [3.05, 3.63) is 29.8 Å². The van der Waals surface area contributed by atoms with Gasteiger partial charge in [-0.3, -0.25) is 0 Å². The van der Waals surface area contributed by atoms with Gasteiger partial charge in [0, 0.05) is 6.08 Å². The number of benzene rings is 1. The molecule has 6 nitrogen and oxygen atoms in total. The molecule has 0 bridgehead atoms. The standard InChI is InChI=1S/C13H16O6/c1-18-12-6-9(2-4-11(12)16)3-5-13(17)19-10(7-14)8-15/h2-6,10,14-16H,7-8H2,1H3/b5-3-. The van der Waals surface area contributed by atoms with Crippen LogP contribution in [-0.2, 0) is 9.53 Å². The third kappa shape index (κ3) is 4.61. The summed E-state index contributed by atoms with van der Waals surface area (Å²) in [7, 11) is 1.42. The molecule has 0 saturated carbocycles. The maximum Gasteiger partial charge on any atom is 0.331 e. The Labute approximate surface area is 110 Å². The van der Waals surface area contributed by atoms with E-state index in [-0.39, 0.29) is 5.75 Å². The smallest absolute Gasteiger partial charge is 0.331 e. The summed E-state index contributed by atoms with van der Waals surface area (Å²) in [6.07, 6.45) is 1.70. The molecule has 0 unspecified atom stereocenters. The van der Waals surface area contributed by atoms with Gasteiger partial charge in [0.25, 0.3) is 0 Å². The minimum atomic E-state index is -0.925. The number of rotatable bonds is 6. The summed E-state index contributed by atoms with van der Waals surface area (Å²) in [5.41, 5.74) is 0.635. The van der Waals surface area contributed by atoms with Crippen molar-refractivity contribution in [2.75, 3.05) is 20.3 Å². The molecule has 0 radical (unpaired) electrons. The van der Waals surface area contributed by atoms with Crippen molar-refractivity contribution in [2.45, 2.75) is 6.10 Å². The molecule has 1 rings (SSSR count). The number of hydrogen-bond acceptors (Lipinski definition) is 6. The molecule has 0 aliphatic heterocycles. The maximum absolute atomic E-state index is 11.4. The van der Waals surface area contributed by atoms with Crippen LogP contribution in [0.3, 0.4) is 0 Å². The summed E-state index contributed by atoms with van der Waals surface area (Å²) in [6, 6.07) is 4.58. The Morgan fingerprint density at radius 2 is 2.05 bits per heavy atom. The first kappa shape index (κ1) is 15.0. The number of aliphatic hydroxyl groups excluding tert-OH is 2. The summed E-state index contributed by atoms with van der Waals surface area (Å²) < 4.78 is 9.67. The predicted molar refractivity (Wildman–Crippen MR) is 67.7 cm³/mol. The van der Waals surface area contributed by atoms with Crippen molar-refractivity contribution in [3.63, 3.8) is 0 Å². The minimum absolute atomic E-state index is 0.00264. The molecule has 0 saturated heterocycles. The van der Waals surface area contributed by atoms with Crippen LogP contribution >= 0.6 is 0 Å². The molecule has 6 heteroatoms. The summed E-state index contributed by atoms with van der Waals surface area (Å²) >= 11 is 0. The van der Waals surface area contributed by atoms with Crippen molar-refractivity contribution in [1.29, 1.82) is 0 Å². The third-order valence-corrected chi connectivity index (χ3v) is 2.31. The van der Waals surface area contributed by atoms with Crippen LogP contribution in [0.25, 0.3) is 6.08 Å². The molecule has 0 atom stereocenters. The lowest BCUT2D eigenvalue weighted by Gasteiger charge is -2.10. The molecule has 19 heavy (non-hydrogen) atoms. The van der Waals surface area contributed by atoms with Crippen molar-refractivity contribution in [1.82, 2.24) is 0 Å². The molecular weight excluding hydrogens is 252 g/mol. The monoisotopic (exact) mass is 268 g/mol. The van der Waals surface area contributed by atoms with Crippen LogP contribution in [0.5, 0.6) is 11.5 Å². The number of esters is 1. The van der Waals surface area contributed by atoms with E-state index in [1.165, 1.54) is 19.3 Å². The van der Waals surface area contributed by atoms with Gasteiger partial charge in [0.1, 0.15) is 6.10 Å². The molecule has 0 amide bonds. The molecule has 104 valence electrons. The fraction of sp³-hybridized carbons (Fsp3) is 0.308. The van der Waals surface area contributed by atoms with Gasteiger partial charge >= 0.3 is 5.97 Å². The van der Waals surface area contributed by atoms with E-state index in [9.17, 15) is 9.90 Å². The molecule has 0 heterocycles. The van der Waals surface area contributed by atoms with Crippen LogP contribution in [0, 0.1) is 0 Å². The minimum Gasteiger partial charge on any atom is -0.504 e. The number of phenolic OH excluding ortho intramolecular Hbond substituents is 1. The Hall–Kier alpha value is -2.05. The summed E-state index contributed by atoms with van der Waals surface area (Å²) in [5, 5.41) is 26.9. The Morgan fingerprint density at radius 3 is 2.63 bits per heavy atom. The van der Waals surface area contributed by atoms with Gasteiger partial charge in [0.2, 0.25) is 0 Å². The second-order valence-corrected chi connectivity index (χ2v) is 3.69. The van der Waals surface area contributed by atoms with Crippen LogP contribution in [0.15, 0.2) is 24.3 Å². The quantitative estimate of drug-likeness (QED) is 0.507. The second-order valence-electron chi connectivity index (χ2n) is 3.69. The van der Waals surface area contributed by atoms with Crippen LogP contribution in [-0.4, -0.2) is 47.7 Å². The zero-order chi connectivity index (χ0) is 14.3. The lowest BCUT2D eigenvalue weighted by atomic mass is 10.2. The number of hydrogen-bond donors (Lipinski definition) is 3. The van der Waals surface area contributed by atoms with Gasteiger partial charge in [-0.15, -0.1) is 0 Å². The Morgan fingerprint density at radius 1 is 1.37 bits per heavy atom. The second kappa shape index (κ2) is 7.40. The van der Waals surface area contributed by atoms with Gasteiger partial charge in [-0.05, 0) is 23.8 Å². The van der Waals surface area contributed by atoms with Crippen LogP contribution in [0.4, 0.5) is 0 Å².